The molecule has 0 aliphatic rings. The van der Waals surface area contributed by atoms with Crippen molar-refractivity contribution in [3.63, 3.8) is 0 Å². The fourth-order valence-electron chi connectivity index (χ4n) is 13.7. The van der Waals surface area contributed by atoms with Crippen LogP contribution in [0, 0.1) is 0 Å². The van der Waals surface area contributed by atoms with E-state index in [9.17, 15) is 0 Å². The van der Waals surface area contributed by atoms with E-state index in [1.165, 1.54) is 166 Å². The van der Waals surface area contributed by atoms with Gasteiger partial charge in [-0.2, -0.15) is 0 Å². The molecule has 0 unspecified atom stereocenters. The van der Waals surface area contributed by atoms with E-state index >= 15 is 0 Å². The van der Waals surface area contributed by atoms with E-state index in [1.54, 1.807) is 0 Å². The van der Waals surface area contributed by atoms with Gasteiger partial charge in [0.1, 0.15) is 0 Å². The van der Waals surface area contributed by atoms with Crippen LogP contribution in [0.15, 0.2) is 352 Å². The van der Waals surface area contributed by atoms with Crippen LogP contribution in [-0.2, 0) is 0 Å². The summed E-state index contributed by atoms with van der Waals surface area (Å²) in [6, 6.07) is 130. The number of benzene rings is 16. The van der Waals surface area contributed by atoms with E-state index in [1.807, 2.05) is 0 Å². The summed E-state index contributed by atoms with van der Waals surface area (Å²) in [5.74, 6) is 0. The third-order valence-corrected chi connectivity index (χ3v) is 18.0. The normalized spacial score (nSPS) is 11.4. The molecule has 16 aromatic rings. The molecule has 0 N–H and O–H groups in total. The molecule has 0 heterocycles. The van der Waals surface area contributed by atoms with E-state index in [2.05, 4.69) is 352 Å². The van der Waals surface area contributed by atoms with Crippen LogP contribution in [0.25, 0.3) is 166 Å². The molecule has 0 saturated carbocycles. The second-order valence-electron chi connectivity index (χ2n) is 23.0. The monoisotopic (exact) mass is 1110 g/mol. The minimum Gasteiger partial charge on any atom is -0.0622 e. The van der Waals surface area contributed by atoms with Crippen molar-refractivity contribution < 1.29 is 0 Å². The van der Waals surface area contributed by atoms with Crippen LogP contribution in [0.3, 0.4) is 0 Å². The highest BCUT2D eigenvalue weighted by molar-refractivity contribution is 6.33. The van der Waals surface area contributed by atoms with Gasteiger partial charge in [0.2, 0.25) is 0 Å². The molecule has 0 atom stereocenters. The Morgan fingerprint density at radius 1 is 0.102 bits per heavy atom. The molecule has 0 aromatic heterocycles. The van der Waals surface area contributed by atoms with Crippen molar-refractivity contribution in [3.05, 3.63) is 352 Å². The topological polar surface area (TPSA) is 0 Å². The molecule has 410 valence electrons. The maximum atomic E-state index is 2.50. The van der Waals surface area contributed by atoms with Crippen molar-refractivity contribution in [2.24, 2.45) is 0 Å². The fraction of sp³-hybridized carbons (Fsp3) is 0. The van der Waals surface area contributed by atoms with Gasteiger partial charge in [-0.05, 0) is 178 Å². The quantitative estimate of drug-likeness (QED) is 0.107. The number of hydrogen-bond acceptors (Lipinski definition) is 0. The molecule has 0 radical (unpaired) electrons. The van der Waals surface area contributed by atoms with E-state index in [0.29, 0.717) is 0 Å². The third-order valence-electron chi connectivity index (χ3n) is 18.0. The lowest BCUT2D eigenvalue weighted by Crippen LogP contribution is -1.97. The largest absolute Gasteiger partial charge is 0.0622 e. The van der Waals surface area contributed by atoms with Gasteiger partial charge in [-0.15, -0.1) is 0 Å². The Morgan fingerprint density at radius 3 is 0.466 bits per heavy atom. The van der Waals surface area contributed by atoms with Gasteiger partial charge in [-0.3, -0.25) is 0 Å². The van der Waals surface area contributed by atoms with Crippen LogP contribution in [0.5, 0.6) is 0 Å². The molecular formula is C88H58. The minimum atomic E-state index is 1.17. The van der Waals surface area contributed by atoms with Crippen molar-refractivity contribution >= 4 is 32.3 Å². The molecule has 0 spiro atoms. The maximum absolute atomic E-state index is 2.50. The molecule has 0 saturated heterocycles. The lowest BCUT2D eigenvalue weighted by molar-refractivity contribution is 1.56. The van der Waals surface area contributed by atoms with Crippen LogP contribution in [0.4, 0.5) is 0 Å². The Balaban J connectivity index is 0.974. The van der Waals surface area contributed by atoms with E-state index in [4.69, 9.17) is 0 Å². The minimum absolute atomic E-state index is 1.17. The summed E-state index contributed by atoms with van der Waals surface area (Å²) in [4.78, 5) is 0. The zero-order valence-corrected chi connectivity index (χ0v) is 48.5. The van der Waals surface area contributed by atoms with Crippen molar-refractivity contribution in [1.29, 1.82) is 0 Å². The van der Waals surface area contributed by atoms with Crippen LogP contribution < -0.4 is 0 Å². The zero-order chi connectivity index (χ0) is 58.3. The first-order chi connectivity index (χ1) is 43.7. The second-order valence-corrected chi connectivity index (χ2v) is 23.0. The zero-order valence-electron chi connectivity index (χ0n) is 48.5. The van der Waals surface area contributed by atoms with E-state index in [-0.39, 0.29) is 0 Å². The molecule has 0 aliphatic heterocycles. The SMILES string of the molecule is c1ccc(-c2ccc(-c3ccccc3-c3cc(-c4ccccc4-c4ccc(-c5ccccc5)cc4)c4ccc5c(-c6ccccc6-c6ccc(-c7ccccc7)cc6)cc(-c6ccccc6-c6ccc(-c7ccccc7)cc6)c6ccc3c4c65)cc2)cc1. The molecule has 0 fully saturated rings. The van der Waals surface area contributed by atoms with Gasteiger partial charge in [0.25, 0.3) is 0 Å². The Bertz CT molecular complexity index is 4510. The van der Waals surface area contributed by atoms with Gasteiger partial charge in [-0.25, -0.2) is 0 Å². The average molecular weight is 1120 g/mol. The molecule has 88 heavy (non-hydrogen) atoms. The first-order valence-corrected chi connectivity index (χ1v) is 30.5. The Hall–Kier alpha value is -11.4. The summed E-state index contributed by atoms with van der Waals surface area (Å²) in [6.45, 7) is 0. The van der Waals surface area contributed by atoms with Gasteiger partial charge < -0.3 is 0 Å². The van der Waals surface area contributed by atoms with Gasteiger partial charge in [-0.1, -0.05) is 340 Å². The summed E-state index contributed by atoms with van der Waals surface area (Å²) in [7, 11) is 0. The molecule has 0 heteroatoms. The summed E-state index contributed by atoms with van der Waals surface area (Å²) in [5.41, 5.74) is 28.6. The predicted octanol–water partition coefficient (Wildman–Crippen LogP) is 24.6. The van der Waals surface area contributed by atoms with Gasteiger partial charge >= 0.3 is 0 Å². The molecular weight excluding hydrogens is 1060 g/mol. The highest BCUT2D eigenvalue weighted by atomic mass is 14.3. The van der Waals surface area contributed by atoms with Crippen LogP contribution in [-0.4, -0.2) is 0 Å². The summed E-state index contributed by atoms with van der Waals surface area (Å²) in [6.07, 6.45) is 0. The second kappa shape index (κ2) is 22.5. The highest BCUT2D eigenvalue weighted by Gasteiger charge is 2.25. The highest BCUT2D eigenvalue weighted by Crippen LogP contribution is 2.52. The Kier molecular flexibility index (Phi) is 13.3. The van der Waals surface area contributed by atoms with Crippen LogP contribution in [0.1, 0.15) is 0 Å². The Labute approximate surface area is 514 Å². The third kappa shape index (κ3) is 9.46. The molecule has 16 rings (SSSR count). The maximum Gasteiger partial charge on any atom is -0.00139 e. The van der Waals surface area contributed by atoms with Crippen LogP contribution in [0.2, 0.25) is 0 Å². The van der Waals surface area contributed by atoms with Gasteiger partial charge in [0.05, 0.1) is 0 Å². The van der Waals surface area contributed by atoms with E-state index < -0.39 is 0 Å². The lowest BCUT2D eigenvalue weighted by Gasteiger charge is -2.24. The Morgan fingerprint density at radius 2 is 0.261 bits per heavy atom. The van der Waals surface area contributed by atoms with Crippen molar-refractivity contribution in [2.45, 2.75) is 0 Å². The van der Waals surface area contributed by atoms with Gasteiger partial charge in [0, 0.05) is 0 Å². The molecule has 0 nitrogen and oxygen atoms in total. The van der Waals surface area contributed by atoms with Gasteiger partial charge in [0.15, 0.2) is 0 Å². The average Bonchev–Trinajstić information content (AvgIpc) is 0.766. The molecule has 0 bridgehead atoms. The van der Waals surface area contributed by atoms with E-state index in [0.717, 1.165) is 0 Å². The summed E-state index contributed by atoms with van der Waals surface area (Å²) >= 11 is 0. The molecule has 16 aromatic carbocycles. The first kappa shape index (κ1) is 52.1. The van der Waals surface area contributed by atoms with Crippen molar-refractivity contribution in [1.82, 2.24) is 0 Å². The fourth-order valence-corrected chi connectivity index (χ4v) is 13.7. The molecule has 0 amide bonds. The first-order valence-electron chi connectivity index (χ1n) is 30.5. The van der Waals surface area contributed by atoms with Crippen molar-refractivity contribution in [3.8, 4) is 134 Å². The number of rotatable bonds is 12. The van der Waals surface area contributed by atoms with Crippen LogP contribution >= 0.6 is 0 Å². The predicted molar refractivity (Wildman–Crippen MR) is 375 cm³/mol. The molecule has 0 aliphatic carbocycles. The summed E-state index contributed by atoms with van der Waals surface area (Å²) in [5, 5.41) is 7.37. The number of hydrogen-bond donors (Lipinski definition) is 0. The van der Waals surface area contributed by atoms with Crippen molar-refractivity contribution in [2.75, 3.05) is 0 Å². The lowest BCUT2D eigenvalue weighted by atomic mass is 9.79. The standard InChI is InChI=1S/C88H58/c1-5-21-59(22-6-1)63-37-45-67(46-38-63)71-29-13-17-33-75(71)83-57-84(76-34-18-14-30-72(76)68-47-39-64(40-48-68)60-23-7-2-8-24-60)80-55-56-82-86(78-36-20-16-32-74(78)70-51-43-66(44-52-70)62-27-11-4-12-28-62)58-85(81-54-53-79(83)87(80)88(81)82)77-35-19-15-31-73(77)69-49-41-65(42-50-69)61-25-9-3-10-26-61/h1-58H. The summed E-state index contributed by atoms with van der Waals surface area (Å²) < 4.78 is 0. The smallest absolute Gasteiger partial charge is 0.00139 e.